The van der Waals surface area contributed by atoms with Crippen molar-refractivity contribution in [2.24, 2.45) is 5.92 Å². The van der Waals surface area contributed by atoms with Crippen molar-refractivity contribution in [1.29, 1.82) is 0 Å². The lowest BCUT2D eigenvalue weighted by Gasteiger charge is -2.37. The van der Waals surface area contributed by atoms with Gasteiger partial charge in [0.05, 0.1) is 6.42 Å². The summed E-state index contributed by atoms with van der Waals surface area (Å²) in [5.41, 5.74) is 2.15. The molecule has 37 heavy (non-hydrogen) atoms. The van der Waals surface area contributed by atoms with Crippen LogP contribution in [-0.4, -0.2) is 40.5 Å². The first kappa shape index (κ1) is 26.2. The number of carboxylic acid groups (broad SMARTS) is 1. The number of hydrogen-bond donors (Lipinski definition) is 3. The number of rotatable bonds is 9. The Kier molecular flexibility index (Phi) is 8.77. The van der Waals surface area contributed by atoms with Crippen LogP contribution in [-0.2, 0) is 11.3 Å². The maximum atomic E-state index is 13.6. The fraction of sp³-hybridized carbons (Fsp3) is 0.367. The van der Waals surface area contributed by atoms with Gasteiger partial charge in [0.15, 0.2) is 0 Å². The molecule has 0 aromatic heterocycles. The van der Waals surface area contributed by atoms with Gasteiger partial charge in [0.25, 0.3) is 5.91 Å². The van der Waals surface area contributed by atoms with Gasteiger partial charge in [-0.05, 0) is 66.3 Å². The average molecular weight is 502 g/mol. The number of nitrogens with one attached hydrogen (secondary N) is 2. The molecule has 0 radical (unpaired) electrons. The van der Waals surface area contributed by atoms with Gasteiger partial charge in [0.1, 0.15) is 0 Å². The van der Waals surface area contributed by atoms with Gasteiger partial charge in [-0.3, -0.25) is 9.59 Å². The number of carbonyl (C=O) groups is 3. The number of urea groups is 1. The van der Waals surface area contributed by atoms with Crippen LogP contribution in [0.3, 0.4) is 0 Å². The number of benzene rings is 3. The van der Waals surface area contributed by atoms with Crippen molar-refractivity contribution in [2.75, 3.05) is 11.9 Å². The third-order valence-electron chi connectivity index (χ3n) is 7.28. The minimum atomic E-state index is -0.954. The molecule has 1 aliphatic rings. The highest BCUT2D eigenvalue weighted by molar-refractivity contribution is 5.95. The molecule has 1 fully saturated rings. The molecular weight excluding hydrogens is 466 g/mol. The number of carbonyl (C=O) groups excluding carboxylic acids is 2. The zero-order valence-corrected chi connectivity index (χ0v) is 21.3. The van der Waals surface area contributed by atoms with Crippen LogP contribution in [0, 0.1) is 5.92 Å². The fourth-order valence-corrected chi connectivity index (χ4v) is 5.08. The van der Waals surface area contributed by atoms with Gasteiger partial charge in [-0.1, -0.05) is 61.7 Å². The quantitative estimate of drug-likeness (QED) is 0.332. The number of amides is 3. The molecule has 0 saturated heterocycles. The standard InChI is InChI=1S/C30H35N3O4/c1-21(23-7-3-2-4-8-23)33(30(37)32-27-16-15-24-9-5-6-10-26(24)19-27)20-22-11-13-25(14-12-22)29(36)31-18-17-28(34)35/h5-6,9-16,19,21,23H,2-4,7-8,17-18,20H2,1H3,(H,31,36)(H,32,37)(H,34,35)/t21-/m0/s1. The van der Waals surface area contributed by atoms with Crippen LogP contribution in [0.5, 0.6) is 0 Å². The lowest BCUT2D eigenvalue weighted by Crippen LogP contribution is -2.45. The molecule has 0 heterocycles. The van der Waals surface area contributed by atoms with E-state index in [1.54, 1.807) is 12.1 Å². The monoisotopic (exact) mass is 501 g/mol. The van der Waals surface area contributed by atoms with E-state index < -0.39 is 5.97 Å². The molecule has 7 nitrogen and oxygen atoms in total. The molecular formula is C30H35N3O4. The van der Waals surface area contributed by atoms with Crippen molar-refractivity contribution in [1.82, 2.24) is 10.2 Å². The molecule has 0 spiro atoms. The predicted molar refractivity (Wildman–Crippen MR) is 146 cm³/mol. The second-order valence-electron chi connectivity index (χ2n) is 9.86. The number of nitrogens with zero attached hydrogens (tertiary/aromatic N) is 1. The van der Waals surface area contributed by atoms with E-state index in [0.29, 0.717) is 18.0 Å². The zero-order valence-electron chi connectivity index (χ0n) is 21.3. The lowest BCUT2D eigenvalue weighted by atomic mass is 9.84. The summed E-state index contributed by atoms with van der Waals surface area (Å²) >= 11 is 0. The van der Waals surface area contributed by atoms with Crippen LogP contribution in [0.1, 0.15) is 61.4 Å². The molecule has 0 unspecified atom stereocenters. The summed E-state index contributed by atoms with van der Waals surface area (Å²) < 4.78 is 0. The van der Waals surface area contributed by atoms with Crippen LogP contribution in [0.25, 0.3) is 10.8 Å². The Bertz CT molecular complexity index is 1240. The first-order valence-electron chi connectivity index (χ1n) is 13.1. The van der Waals surface area contributed by atoms with Gasteiger partial charge < -0.3 is 20.6 Å². The Balaban J connectivity index is 1.48. The van der Waals surface area contributed by atoms with E-state index in [4.69, 9.17) is 5.11 Å². The second-order valence-corrected chi connectivity index (χ2v) is 9.86. The van der Waals surface area contributed by atoms with Gasteiger partial charge in [0, 0.05) is 30.4 Å². The van der Waals surface area contributed by atoms with Crippen LogP contribution < -0.4 is 10.6 Å². The molecule has 7 heteroatoms. The highest BCUT2D eigenvalue weighted by Crippen LogP contribution is 2.30. The number of carboxylic acids is 1. The van der Waals surface area contributed by atoms with E-state index in [-0.39, 0.29) is 30.9 Å². The first-order chi connectivity index (χ1) is 17.9. The van der Waals surface area contributed by atoms with E-state index in [9.17, 15) is 14.4 Å². The summed E-state index contributed by atoms with van der Waals surface area (Å²) in [7, 11) is 0. The maximum Gasteiger partial charge on any atom is 0.322 e. The molecule has 194 valence electrons. The van der Waals surface area contributed by atoms with Gasteiger partial charge in [-0.2, -0.15) is 0 Å². The third kappa shape index (κ3) is 7.09. The summed E-state index contributed by atoms with van der Waals surface area (Å²) in [5, 5.41) is 16.7. The molecule has 3 amide bonds. The normalized spacial score (nSPS) is 14.6. The maximum absolute atomic E-state index is 13.6. The zero-order chi connectivity index (χ0) is 26.2. The molecule has 0 bridgehead atoms. The van der Waals surface area contributed by atoms with E-state index in [1.807, 2.05) is 53.4 Å². The van der Waals surface area contributed by atoms with Crippen molar-refractivity contribution >= 4 is 34.4 Å². The second kappa shape index (κ2) is 12.4. The molecule has 3 aromatic rings. The number of aliphatic carboxylic acids is 1. The Morgan fingerprint density at radius 1 is 0.946 bits per heavy atom. The summed E-state index contributed by atoms with van der Waals surface area (Å²) in [4.78, 5) is 38.5. The minimum absolute atomic E-state index is 0.0692. The van der Waals surface area contributed by atoms with E-state index in [1.165, 1.54) is 19.3 Å². The summed E-state index contributed by atoms with van der Waals surface area (Å²) in [5.74, 6) is -0.811. The molecule has 3 aromatic carbocycles. The Hall–Kier alpha value is -3.87. The molecule has 4 rings (SSSR count). The smallest absolute Gasteiger partial charge is 0.322 e. The van der Waals surface area contributed by atoms with Crippen LogP contribution in [0.4, 0.5) is 10.5 Å². The van der Waals surface area contributed by atoms with E-state index in [2.05, 4.69) is 23.6 Å². The average Bonchev–Trinajstić information content (AvgIpc) is 2.91. The largest absolute Gasteiger partial charge is 0.481 e. The first-order valence-corrected chi connectivity index (χ1v) is 13.1. The molecule has 1 atom stereocenters. The molecule has 1 aliphatic carbocycles. The number of fused-ring (bicyclic) bond motifs is 1. The van der Waals surface area contributed by atoms with Gasteiger partial charge >= 0.3 is 12.0 Å². The van der Waals surface area contributed by atoms with Crippen molar-refractivity contribution in [3.05, 3.63) is 77.9 Å². The van der Waals surface area contributed by atoms with E-state index in [0.717, 1.165) is 34.9 Å². The summed E-state index contributed by atoms with van der Waals surface area (Å²) in [6.45, 7) is 2.65. The van der Waals surface area contributed by atoms with Crippen molar-refractivity contribution < 1.29 is 19.5 Å². The topological polar surface area (TPSA) is 98.7 Å². The van der Waals surface area contributed by atoms with Crippen LogP contribution >= 0.6 is 0 Å². The van der Waals surface area contributed by atoms with Crippen LogP contribution in [0.2, 0.25) is 0 Å². The Labute approximate surface area is 217 Å². The Morgan fingerprint density at radius 3 is 2.35 bits per heavy atom. The number of hydrogen-bond acceptors (Lipinski definition) is 3. The number of anilines is 1. The van der Waals surface area contributed by atoms with Gasteiger partial charge in [0.2, 0.25) is 0 Å². The fourth-order valence-electron chi connectivity index (χ4n) is 5.08. The summed E-state index contributed by atoms with van der Waals surface area (Å²) in [6, 6.07) is 21.1. The predicted octanol–water partition coefficient (Wildman–Crippen LogP) is 6.05. The van der Waals surface area contributed by atoms with Crippen molar-refractivity contribution in [3.8, 4) is 0 Å². The van der Waals surface area contributed by atoms with Crippen molar-refractivity contribution in [2.45, 2.75) is 58.0 Å². The molecule has 3 N–H and O–H groups in total. The Morgan fingerprint density at radius 2 is 1.65 bits per heavy atom. The highest BCUT2D eigenvalue weighted by Gasteiger charge is 2.29. The van der Waals surface area contributed by atoms with Gasteiger partial charge in [-0.15, -0.1) is 0 Å². The van der Waals surface area contributed by atoms with E-state index >= 15 is 0 Å². The van der Waals surface area contributed by atoms with Gasteiger partial charge in [-0.25, -0.2) is 4.79 Å². The lowest BCUT2D eigenvalue weighted by molar-refractivity contribution is -0.136. The van der Waals surface area contributed by atoms with Crippen molar-refractivity contribution in [3.63, 3.8) is 0 Å². The SMILES string of the molecule is C[C@@H](C1CCCCC1)N(Cc1ccc(C(=O)NCCC(=O)O)cc1)C(=O)Nc1ccc2ccccc2c1. The molecule has 1 saturated carbocycles. The highest BCUT2D eigenvalue weighted by atomic mass is 16.4. The van der Waals surface area contributed by atoms with Crippen LogP contribution in [0.15, 0.2) is 66.7 Å². The minimum Gasteiger partial charge on any atom is -0.481 e. The molecule has 0 aliphatic heterocycles. The summed E-state index contributed by atoms with van der Waals surface area (Å²) in [6.07, 6.45) is 5.76. The third-order valence-corrected chi connectivity index (χ3v) is 7.28.